The summed E-state index contributed by atoms with van der Waals surface area (Å²) in [6.07, 6.45) is 2.39. The molecule has 3 rings (SSSR count). The van der Waals surface area contributed by atoms with Crippen molar-refractivity contribution in [3.05, 3.63) is 39.9 Å². The Labute approximate surface area is 167 Å². The van der Waals surface area contributed by atoms with E-state index in [9.17, 15) is 19.2 Å². The van der Waals surface area contributed by atoms with Gasteiger partial charge in [-0.25, -0.2) is 9.78 Å². The Hall–Kier alpha value is -3.23. The van der Waals surface area contributed by atoms with Gasteiger partial charge < -0.3 is 15.4 Å². The average molecular weight is 400 g/mol. The highest BCUT2D eigenvalue weighted by Gasteiger charge is 2.19. The number of carbonyl (C=O) groups is 3. The Morgan fingerprint density at radius 3 is 2.86 bits per heavy atom. The average Bonchev–Trinajstić information content (AvgIpc) is 3.18. The van der Waals surface area contributed by atoms with Crippen molar-refractivity contribution in [3.63, 3.8) is 0 Å². The number of nitrogens with zero attached hydrogens (tertiary/aromatic N) is 2. The summed E-state index contributed by atoms with van der Waals surface area (Å²) in [7, 11) is 0. The highest BCUT2D eigenvalue weighted by Crippen LogP contribution is 2.16. The number of benzene rings is 1. The number of aromatic nitrogens is 2. The fourth-order valence-corrected chi connectivity index (χ4v) is 3.18. The lowest BCUT2D eigenvalue weighted by Crippen LogP contribution is -2.46. The van der Waals surface area contributed by atoms with Crippen LogP contribution in [0.1, 0.15) is 42.9 Å². The van der Waals surface area contributed by atoms with Gasteiger partial charge in [-0.05, 0) is 38.0 Å². The predicted molar refractivity (Wildman–Crippen MR) is 106 cm³/mol. The van der Waals surface area contributed by atoms with Crippen LogP contribution in [-0.2, 0) is 27.3 Å². The molecule has 2 N–H and O–H groups in total. The molecular weight excluding hydrogens is 376 g/mol. The van der Waals surface area contributed by atoms with Crippen molar-refractivity contribution >= 4 is 28.7 Å². The first-order valence-corrected chi connectivity index (χ1v) is 9.68. The number of aryl methyl sites for hydroxylation is 1. The third-order valence-electron chi connectivity index (χ3n) is 4.71. The molecule has 2 heterocycles. The minimum absolute atomic E-state index is 0.114. The van der Waals surface area contributed by atoms with Crippen LogP contribution in [0.4, 0.5) is 0 Å². The van der Waals surface area contributed by atoms with Crippen LogP contribution in [0.15, 0.2) is 23.0 Å². The van der Waals surface area contributed by atoms with E-state index in [1.807, 2.05) is 6.92 Å². The van der Waals surface area contributed by atoms with Crippen LogP contribution in [0.5, 0.6) is 0 Å². The number of amides is 2. The summed E-state index contributed by atoms with van der Waals surface area (Å²) in [5.41, 5.74) is 0.522. The van der Waals surface area contributed by atoms with Gasteiger partial charge in [0.25, 0.3) is 11.5 Å². The number of carbonyl (C=O) groups excluding carboxylic acids is 3. The number of rotatable bonds is 7. The lowest BCUT2D eigenvalue weighted by molar-refractivity contribution is -0.130. The molecule has 0 unspecified atom stereocenters. The molecule has 154 valence electrons. The van der Waals surface area contributed by atoms with Crippen molar-refractivity contribution in [1.82, 2.24) is 20.2 Å². The van der Waals surface area contributed by atoms with Gasteiger partial charge in [0, 0.05) is 19.5 Å². The van der Waals surface area contributed by atoms with Crippen LogP contribution in [0.3, 0.4) is 0 Å². The van der Waals surface area contributed by atoms with Crippen LogP contribution in [0.2, 0.25) is 0 Å². The summed E-state index contributed by atoms with van der Waals surface area (Å²) < 4.78 is 6.68. The summed E-state index contributed by atoms with van der Waals surface area (Å²) in [6, 6.07) is 3.80. The molecule has 0 bridgehead atoms. The van der Waals surface area contributed by atoms with E-state index in [1.54, 1.807) is 17.6 Å². The predicted octanol–water partition coefficient (Wildman–Crippen LogP) is 0.530. The van der Waals surface area contributed by atoms with E-state index in [0.717, 1.165) is 19.3 Å². The van der Waals surface area contributed by atoms with E-state index >= 15 is 0 Å². The van der Waals surface area contributed by atoms with Crippen molar-refractivity contribution < 1.29 is 19.1 Å². The lowest BCUT2D eigenvalue weighted by atomic mass is 10.1. The number of ether oxygens (including phenoxy) is 1. The first-order valence-electron chi connectivity index (χ1n) is 9.68. The van der Waals surface area contributed by atoms with E-state index in [0.29, 0.717) is 29.8 Å². The van der Waals surface area contributed by atoms with Crippen molar-refractivity contribution in [2.24, 2.45) is 0 Å². The van der Waals surface area contributed by atoms with Gasteiger partial charge in [0.2, 0.25) is 5.91 Å². The molecular formula is C20H24N4O5. The zero-order chi connectivity index (χ0) is 21.0. The molecule has 0 aliphatic carbocycles. The van der Waals surface area contributed by atoms with Crippen molar-refractivity contribution in [1.29, 1.82) is 0 Å². The van der Waals surface area contributed by atoms with Gasteiger partial charge in [0.05, 0.1) is 16.5 Å². The molecule has 2 amide bonds. The maximum Gasteiger partial charge on any atom is 0.338 e. The van der Waals surface area contributed by atoms with E-state index in [2.05, 4.69) is 15.6 Å². The molecule has 0 fully saturated rings. The van der Waals surface area contributed by atoms with E-state index in [-0.39, 0.29) is 17.0 Å². The minimum Gasteiger partial charge on any atom is -0.452 e. The lowest BCUT2D eigenvalue weighted by Gasteiger charge is -2.14. The van der Waals surface area contributed by atoms with Crippen LogP contribution in [-0.4, -0.2) is 46.5 Å². The molecule has 0 saturated heterocycles. The van der Waals surface area contributed by atoms with Gasteiger partial charge in [0.1, 0.15) is 11.9 Å². The fraction of sp³-hybridized carbons (Fsp3) is 0.450. The van der Waals surface area contributed by atoms with E-state index in [4.69, 9.17) is 4.74 Å². The van der Waals surface area contributed by atoms with Gasteiger partial charge in [-0.3, -0.25) is 19.0 Å². The third kappa shape index (κ3) is 4.61. The Morgan fingerprint density at radius 2 is 2.10 bits per heavy atom. The number of hydrogen-bond donors (Lipinski definition) is 2. The molecule has 1 aromatic heterocycles. The molecule has 1 aromatic carbocycles. The number of nitrogens with one attached hydrogen (secondary N) is 2. The monoisotopic (exact) mass is 400 g/mol. The minimum atomic E-state index is -0.729. The van der Waals surface area contributed by atoms with Crippen LogP contribution < -0.4 is 16.2 Å². The second kappa shape index (κ2) is 8.85. The van der Waals surface area contributed by atoms with E-state index in [1.165, 1.54) is 12.1 Å². The van der Waals surface area contributed by atoms with Crippen LogP contribution in [0.25, 0.3) is 10.9 Å². The topological polar surface area (TPSA) is 119 Å². The SMILES string of the molecule is CCCNC(=O)[C@H](C)NC(=O)COC(=O)c1ccc2c(=O)n3c(nc2c1)CCC3. The first-order chi connectivity index (χ1) is 13.9. The Balaban J connectivity index is 1.61. The molecule has 29 heavy (non-hydrogen) atoms. The Bertz CT molecular complexity index is 1010. The summed E-state index contributed by atoms with van der Waals surface area (Å²) in [4.78, 5) is 52.9. The summed E-state index contributed by atoms with van der Waals surface area (Å²) in [5.74, 6) is -0.867. The highest BCUT2D eigenvalue weighted by atomic mass is 16.5. The zero-order valence-corrected chi connectivity index (χ0v) is 16.5. The van der Waals surface area contributed by atoms with Gasteiger partial charge in [0.15, 0.2) is 6.61 Å². The summed E-state index contributed by atoms with van der Waals surface area (Å²) in [5, 5.41) is 5.59. The molecule has 0 radical (unpaired) electrons. The summed E-state index contributed by atoms with van der Waals surface area (Å²) >= 11 is 0. The van der Waals surface area contributed by atoms with Crippen molar-refractivity contribution in [2.45, 2.75) is 45.7 Å². The molecule has 0 saturated carbocycles. The molecule has 1 atom stereocenters. The second-order valence-corrected chi connectivity index (χ2v) is 6.98. The van der Waals surface area contributed by atoms with E-state index < -0.39 is 24.5 Å². The Kier molecular flexibility index (Phi) is 6.26. The zero-order valence-electron chi connectivity index (χ0n) is 16.5. The third-order valence-corrected chi connectivity index (χ3v) is 4.71. The van der Waals surface area contributed by atoms with Crippen molar-refractivity contribution in [3.8, 4) is 0 Å². The van der Waals surface area contributed by atoms with Gasteiger partial charge in [-0.2, -0.15) is 0 Å². The first kappa shape index (κ1) is 20.5. The summed E-state index contributed by atoms with van der Waals surface area (Å²) in [6.45, 7) is 4.15. The fourth-order valence-electron chi connectivity index (χ4n) is 3.18. The quantitative estimate of drug-likeness (QED) is 0.655. The van der Waals surface area contributed by atoms with Crippen LogP contribution >= 0.6 is 0 Å². The Morgan fingerprint density at radius 1 is 1.31 bits per heavy atom. The van der Waals surface area contributed by atoms with Gasteiger partial charge in [-0.15, -0.1) is 0 Å². The van der Waals surface area contributed by atoms with Gasteiger partial charge in [-0.1, -0.05) is 6.92 Å². The molecule has 9 nitrogen and oxygen atoms in total. The molecule has 1 aliphatic heterocycles. The standard InChI is InChI=1S/C20H24N4O5/c1-3-8-21-18(26)12(2)22-17(25)11-29-20(28)13-6-7-14-15(10-13)23-16-5-4-9-24(16)19(14)27/h6-7,10,12H,3-5,8-9,11H2,1-2H3,(H,21,26)(H,22,25)/t12-/m0/s1. The van der Waals surface area contributed by atoms with Crippen LogP contribution in [0, 0.1) is 0 Å². The molecule has 0 spiro atoms. The number of fused-ring (bicyclic) bond motifs is 2. The highest BCUT2D eigenvalue weighted by molar-refractivity contribution is 5.95. The second-order valence-electron chi connectivity index (χ2n) is 6.98. The number of esters is 1. The van der Waals surface area contributed by atoms with Crippen molar-refractivity contribution in [2.75, 3.05) is 13.2 Å². The molecule has 2 aromatic rings. The smallest absolute Gasteiger partial charge is 0.338 e. The normalized spacial score (nSPS) is 13.6. The maximum atomic E-state index is 12.5. The molecule has 9 heteroatoms. The van der Waals surface area contributed by atoms with Gasteiger partial charge >= 0.3 is 5.97 Å². The largest absolute Gasteiger partial charge is 0.452 e. The molecule has 1 aliphatic rings. The maximum absolute atomic E-state index is 12.5. The number of hydrogen-bond acceptors (Lipinski definition) is 6.